The quantitative estimate of drug-likeness (QED) is 0.371. The first-order chi connectivity index (χ1) is 10.7. The molecular formula is C19H27NS2. The Bertz CT molecular complexity index is 496. The Hall–Kier alpha value is -1.06. The van der Waals surface area contributed by atoms with Crippen LogP contribution in [0.1, 0.15) is 26.2 Å². The summed E-state index contributed by atoms with van der Waals surface area (Å²) in [5.74, 6) is 0.403. The van der Waals surface area contributed by atoms with Gasteiger partial charge in [0.2, 0.25) is 0 Å². The van der Waals surface area contributed by atoms with E-state index in [4.69, 9.17) is 0 Å². The highest BCUT2D eigenvalue weighted by molar-refractivity contribution is 8.02. The van der Waals surface area contributed by atoms with Crippen LogP contribution in [0.15, 0.2) is 70.7 Å². The summed E-state index contributed by atoms with van der Waals surface area (Å²) in [5.41, 5.74) is 1.09. The molecule has 0 spiro atoms. The molecule has 22 heavy (non-hydrogen) atoms. The number of nitrogens with one attached hydrogen (secondary N) is 1. The summed E-state index contributed by atoms with van der Waals surface area (Å²) in [6.45, 7) is 6.68. The lowest BCUT2D eigenvalue weighted by molar-refractivity contribution is 0.706. The van der Waals surface area contributed by atoms with Gasteiger partial charge in [-0.15, -0.1) is 24.4 Å². The van der Waals surface area contributed by atoms with E-state index in [-0.39, 0.29) is 0 Å². The first-order valence-electron chi connectivity index (χ1n) is 7.70. The summed E-state index contributed by atoms with van der Waals surface area (Å²) in [6.07, 6.45) is 23.0. The van der Waals surface area contributed by atoms with Gasteiger partial charge in [-0.3, -0.25) is 0 Å². The van der Waals surface area contributed by atoms with Gasteiger partial charge in [-0.1, -0.05) is 43.0 Å². The number of allylic oxidation sites excluding steroid dienone is 7. The molecule has 1 unspecified atom stereocenters. The maximum absolute atomic E-state index is 4.18. The fourth-order valence-corrected chi connectivity index (χ4v) is 2.74. The molecule has 3 heteroatoms. The maximum atomic E-state index is 4.18. The van der Waals surface area contributed by atoms with Gasteiger partial charge < -0.3 is 5.32 Å². The fourth-order valence-electron chi connectivity index (χ4n) is 2.10. The molecule has 1 aliphatic rings. The SMILES string of the molecule is C=C(S)/C=C\C(=C/C)NCC1C=C/C=C(/SC)CCC/C=C\1. The Morgan fingerprint density at radius 3 is 2.95 bits per heavy atom. The summed E-state index contributed by atoms with van der Waals surface area (Å²) in [5, 5.41) is 3.47. The predicted molar refractivity (Wildman–Crippen MR) is 106 cm³/mol. The molecule has 0 aliphatic heterocycles. The lowest BCUT2D eigenvalue weighted by atomic mass is 10.1. The van der Waals surface area contributed by atoms with Gasteiger partial charge in [0.25, 0.3) is 0 Å². The molecule has 0 heterocycles. The van der Waals surface area contributed by atoms with E-state index in [2.05, 4.69) is 67.2 Å². The second-order valence-electron chi connectivity index (χ2n) is 5.16. The number of thiol groups is 1. The zero-order valence-electron chi connectivity index (χ0n) is 13.6. The largest absolute Gasteiger partial charge is 0.384 e. The second kappa shape index (κ2) is 11.5. The van der Waals surface area contributed by atoms with Crippen molar-refractivity contribution in [3.05, 3.63) is 70.7 Å². The monoisotopic (exact) mass is 333 g/mol. The van der Waals surface area contributed by atoms with Crippen LogP contribution in [-0.2, 0) is 0 Å². The molecule has 0 aromatic carbocycles. The third kappa shape index (κ3) is 8.40. The Balaban J connectivity index is 2.64. The highest BCUT2D eigenvalue weighted by Gasteiger charge is 2.02. The molecule has 1 atom stereocenters. The van der Waals surface area contributed by atoms with E-state index < -0.39 is 0 Å². The minimum Gasteiger partial charge on any atom is -0.384 e. The van der Waals surface area contributed by atoms with Crippen LogP contribution in [0.5, 0.6) is 0 Å². The van der Waals surface area contributed by atoms with Gasteiger partial charge in [-0.25, -0.2) is 0 Å². The van der Waals surface area contributed by atoms with Crippen LogP contribution in [0, 0.1) is 5.92 Å². The Morgan fingerprint density at radius 1 is 1.45 bits per heavy atom. The number of hydrogen-bond acceptors (Lipinski definition) is 3. The third-order valence-corrected chi connectivity index (χ3v) is 4.40. The standard InChI is InChI=1S/C19H27NS2/c1-4-18(14-13-16(2)21)20-15-17-9-6-5-7-11-19(22-3)12-8-10-17/h4,6,8-10,12-14,17,20-21H,2,5,7,11,15H2,1,3H3/b9-6-,10-8?,14-13-,18-4+,19-12+. The van der Waals surface area contributed by atoms with E-state index >= 15 is 0 Å². The topological polar surface area (TPSA) is 12.0 Å². The lowest BCUT2D eigenvalue weighted by Gasteiger charge is -2.13. The number of hydrogen-bond donors (Lipinski definition) is 2. The van der Waals surface area contributed by atoms with Crippen molar-refractivity contribution in [1.82, 2.24) is 5.32 Å². The van der Waals surface area contributed by atoms with Crippen molar-refractivity contribution in [2.24, 2.45) is 5.92 Å². The molecule has 0 aromatic rings. The number of thioether (sulfide) groups is 1. The Morgan fingerprint density at radius 2 is 2.27 bits per heavy atom. The van der Waals surface area contributed by atoms with Crippen LogP contribution in [0.25, 0.3) is 0 Å². The van der Waals surface area contributed by atoms with Crippen LogP contribution in [0.2, 0.25) is 0 Å². The molecule has 0 fully saturated rings. The van der Waals surface area contributed by atoms with E-state index in [1.54, 1.807) is 0 Å². The van der Waals surface area contributed by atoms with Gasteiger partial charge in [0, 0.05) is 18.2 Å². The van der Waals surface area contributed by atoms with Crippen molar-refractivity contribution in [3.63, 3.8) is 0 Å². The van der Waals surface area contributed by atoms with Crippen LogP contribution in [0.4, 0.5) is 0 Å². The van der Waals surface area contributed by atoms with Crippen molar-refractivity contribution < 1.29 is 0 Å². The first-order valence-corrected chi connectivity index (χ1v) is 9.37. The predicted octanol–water partition coefficient (Wildman–Crippen LogP) is 5.64. The highest BCUT2D eigenvalue weighted by atomic mass is 32.2. The zero-order valence-corrected chi connectivity index (χ0v) is 15.3. The Labute approximate surface area is 145 Å². The summed E-state index contributed by atoms with van der Waals surface area (Å²) in [4.78, 5) is 2.22. The van der Waals surface area contributed by atoms with Gasteiger partial charge in [0.1, 0.15) is 0 Å². The summed E-state index contributed by atoms with van der Waals surface area (Å²) < 4.78 is 0. The fraction of sp³-hybridized carbons (Fsp3) is 0.368. The minimum absolute atomic E-state index is 0.403. The first kappa shape index (κ1) is 19.0. The molecule has 120 valence electrons. The normalized spacial score (nSPS) is 23.9. The minimum atomic E-state index is 0.403. The van der Waals surface area contributed by atoms with E-state index in [9.17, 15) is 0 Å². The Kier molecular flexibility index (Phi) is 9.93. The summed E-state index contributed by atoms with van der Waals surface area (Å²) >= 11 is 6.03. The molecular weight excluding hydrogens is 306 g/mol. The van der Waals surface area contributed by atoms with Gasteiger partial charge in [-0.2, -0.15) is 0 Å². The molecule has 0 radical (unpaired) electrons. The maximum Gasteiger partial charge on any atom is 0.0297 e. The van der Waals surface area contributed by atoms with Crippen molar-refractivity contribution in [2.75, 3.05) is 12.8 Å². The van der Waals surface area contributed by atoms with Crippen LogP contribution in [-0.4, -0.2) is 12.8 Å². The lowest BCUT2D eigenvalue weighted by Crippen LogP contribution is -2.19. The summed E-state index contributed by atoms with van der Waals surface area (Å²) in [7, 11) is 0. The van der Waals surface area contributed by atoms with Gasteiger partial charge in [0.05, 0.1) is 0 Å². The van der Waals surface area contributed by atoms with Crippen molar-refractivity contribution in [3.8, 4) is 0 Å². The third-order valence-electron chi connectivity index (χ3n) is 3.39. The zero-order chi connectivity index (χ0) is 16.2. The molecule has 0 aromatic heterocycles. The van der Waals surface area contributed by atoms with Crippen molar-refractivity contribution in [2.45, 2.75) is 26.2 Å². The van der Waals surface area contributed by atoms with E-state index in [0.717, 1.165) is 23.6 Å². The smallest absolute Gasteiger partial charge is 0.0297 e. The van der Waals surface area contributed by atoms with Crippen LogP contribution >= 0.6 is 24.4 Å². The molecule has 1 rings (SSSR count). The number of rotatable bonds is 6. The molecule has 1 nitrogen and oxygen atoms in total. The molecule has 1 N–H and O–H groups in total. The molecule has 1 aliphatic carbocycles. The van der Waals surface area contributed by atoms with Crippen molar-refractivity contribution in [1.29, 1.82) is 0 Å². The summed E-state index contributed by atoms with van der Waals surface area (Å²) in [6, 6.07) is 0. The van der Waals surface area contributed by atoms with E-state index in [1.807, 2.05) is 30.8 Å². The van der Waals surface area contributed by atoms with E-state index in [1.165, 1.54) is 17.7 Å². The second-order valence-corrected chi connectivity index (χ2v) is 6.66. The highest BCUT2D eigenvalue weighted by Crippen LogP contribution is 2.20. The van der Waals surface area contributed by atoms with Gasteiger partial charge >= 0.3 is 0 Å². The molecule has 0 amide bonds. The average Bonchev–Trinajstić information content (AvgIpc) is 2.52. The average molecular weight is 334 g/mol. The van der Waals surface area contributed by atoms with Gasteiger partial charge in [-0.05, 0) is 54.4 Å². The van der Waals surface area contributed by atoms with Crippen molar-refractivity contribution >= 4 is 24.4 Å². The van der Waals surface area contributed by atoms with Gasteiger partial charge in [0.15, 0.2) is 0 Å². The van der Waals surface area contributed by atoms with Crippen LogP contribution in [0.3, 0.4) is 0 Å². The molecule has 0 saturated heterocycles. The van der Waals surface area contributed by atoms with E-state index in [0.29, 0.717) is 5.92 Å². The van der Waals surface area contributed by atoms with Crippen LogP contribution < -0.4 is 5.32 Å². The molecule has 0 bridgehead atoms. The molecule has 0 saturated carbocycles.